The van der Waals surface area contributed by atoms with Gasteiger partial charge in [0.2, 0.25) is 5.91 Å². The highest BCUT2D eigenvalue weighted by Gasteiger charge is 2.31. The van der Waals surface area contributed by atoms with Crippen molar-refractivity contribution >= 4 is 5.91 Å². The van der Waals surface area contributed by atoms with Crippen molar-refractivity contribution in [2.45, 2.75) is 38.8 Å². The van der Waals surface area contributed by atoms with Gasteiger partial charge >= 0.3 is 6.36 Å². The van der Waals surface area contributed by atoms with Crippen LogP contribution in [-0.2, 0) is 11.3 Å². The standard InChI is InChI=1S/C20H23F3N2O2/c1-14(17-7-5-4-6-8-17)24-19(26)15(2)25(3)13-16-9-11-18(12-10-16)27-20(21,22)23/h4-12,14-15H,13H2,1-3H3,(H,24,26). The molecule has 0 spiro atoms. The van der Waals surface area contributed by atoms with Crippen molar-refractivity contribution in [2.75, 3.05) is 7.05 Å². The number of hydrogen-bond acceptors (Lipinski definition) is 3. The second-order valence-electron chi connectivity index (χ2n) is 6.42. The van der Waals surface area contributed by atoms with Crippen molar-refractivity contribution < 1.29 is 22.7 Å². The molecule has 2 atom stereocenters. The minimum atomic E-state index is -4.71. The lowest BCUT2D eigenvalue weighted by Gasteiger charge is -2.26. The Kier molecular flexibility index (Phi) is 6.85. The Labute approximate surface area is 156 Å². The highest BCUT2D eigenvalue weighted by molar-refractivity contribution is 5.81. The zero-order valence-electron chi connectivity index (χ0n) is 15.5. The van der Waals surface area contributed by atoms with Crippen molar-refractivity contribution in [3.05, 3.63) is 65.7 Å². The Bertz CT molecular complexity index is 733. The fraction of sp³-hybridized carbons (Fsp3) is 0.350. The number of alkyl halides is 3. The fourth-order valence-corrected chi connectivity index (χ4v) is 2.58. The van der Waals surface area contributed by atoms with Crippen molar-refractivity contribution in [3.8, 4) is 5.75 Å². The van der Waals surface area contributed by atoms with E-state index in [1.165, 1.54) is 12.1 Å². The predicted molar refractivity (Wildman–Crippen MR) is 97.1 cm³/mol. The Hall–Kier alpha value is -2.54. The van der Waals surface area contributed by atoms with Gasteiger partial charge in [-0.15, -0.1) is 13.2 Å². The van der Waals surface area contributed by atoms with E-state index in [4.69, 9.17) is 0 Å². The van der Waals surface area contributed by atoms with E-state index in [-0.39, 0.29) is 17.7 Å². The second-order valence-corrected chi connectivity index (χ2v) is 6.42. The van der Waals surface area contributed by atoms with Gasteiger partial charge in [-0.1, -0.05) is 42.5 Å². The summed E-state index contributed by atoms with van der Waals surface area (Å²) >= 11 is 0. The van der Waals surface area contributed by atoms with Crippen LogP contribution < -0.4 is 10.1 Å². The van der Waals surface area contributed by atoms with Gasteiger partial charge in [0.05, 0.1) is 12.1 Å². The third-order valence-electron chi connectivity index (χ3n) is 4.29. The predicted octanol–water partition coefficient (Wildman–Crippen LogP) is 4.28. The second kappa shape index (κ2) is 8.90. The molecule has 0 aliphatic carbocycles. The largest absolute Gasteiger partial charge is 0.573 e. The third kappa shape index (κ3) is 6.60. The lowest BCUT2D eigenvalue weighted by atomic mass is 10.1. The normalized spacial score (nSPS) is 13.9. The first-order valence-corrected chi connectivity index (χ1v) is 8.56. The van der Waals surface area contributed by atoms with Crippen LogP contribution in [0.2, 0.25) is 0 Å². The molecule has 0 aliphatic rings. The van der Waals surface area contributed by atoms with E-state index in [0.29, 0.717) is 6.54 Å². The number of rotatable bonds is 7. The number of amides is 1. The molecule has 2 unspecified atom stereocenters. The molecule has 0 aliphatic heterocycles. The highest BCUT2D eigenvalue weighted by Crippen LogP contribution is 2.23. The monoisotopic (exact) mass is 380 g/mol. The van der Waals surface area contributed by atoms with E-state index in [1.54, 1.807) is 26.1 Å². The smallest absolute Gasteiger partial charge is 0.406 e. The number of hydrogen-bond donors (Lipinski definition) is 1. The van der Waals surface area contributed by atoms with Crippen molar-refractivity contribution in [1.29, 1.82) is 0 Å². The molecule has 0 saturated heterocycles. The molecule has 2 rings (SSSR count). The lowest BCUT2D eigenvalue weighted by molar-refractivity contribution is -0.274. The molecule has 0 heterocycles. The molecule has 0 aromatic heterocycles. The summed E-state index contributed by atoms with van der Waals surface area (Å²) in [5, 5.41) is 2.97. The molecule has 0 saturated carbocycles. The van der Waals surface area contributed by atoms with Crippen molar-refractivity contribution in [1.82, 2.24) is 10.2 Å². The van der Waals surface area contributed by atoms with Gasteiger partial charge in [0.1, 0.15) is 5.75 Å². The summed E-state index contributed by atoms with van der Waals surface area (Å²) in [6.45, 7) is 4.12. The van der Waals surface area contributed by atoms with Crippen LogP contribution >= 0.6 is 0 Å². The first-order chi connectivity index (χ1) is 12.7. The molecule has 4 nitrogen and oxygen atoms in total. The molecule has 1 amide bonds. The molecule has 27 heavy (non-hydrogen) atoms. The topological polar surface area (TPSA) is 41.6 Å². The average molecular weight is 380 g/mol. The Balaban J connectivity index is 1.90. The minimum absolute atomic E-state index is 0.117. The van der Waals surface area contributed by atoms with Crippen molar-refractivity contribution in [3.63, 3.8) is 0 Å². The SMILES string of the molecule is CC(NC(=O)C(C)N(C)Cc1ccc(OC(F)(F)F)cc1)c1ccccc1. The Morgan fingerprint density at radius 3 is 2.22 bits per heavy atom. The van der Waals surface area contributed by atoms with Crippen LogP contribution in [0.25, 0.3) is 0 Å². The molecule has 146 valence electrons. The zero-order chi connectivity index (χ0) is 20.0. The summed E-state index contributed by atoms with van der Waals surface area (Å²) < 4.78 is 40.5. The molecule has 0 radical (unpaired) electrons. The number of nitrogens with zero attached hydrogens (tertiary/aromatic N) is 1. The maximum atomic E-state index is 12.5. The summed E-state index contributed by atoms with van der Waals surface area (Å²) in [6, 6.07) is 14.8. The number of benzene rings is 2. The fourth-order valence-electron chi connectivity index (χ4n) is 2.58. The molecule has 0 bridgehead atoms. The van der Waals surface area contributed by atoms with Gasteiger partial charge < -0.3 is 10.1 Å². The maximum absolute atomic E-state index is 12.5. The molecule has 1 N–H and O–H groups in total. The Morgan fingerprint density at radius 1 is 1.07 bits per heavy atom. The first-order valence-electron chi connectivity index (χ1n) is 8.56. The lowest BCUT2D eigenvalue weighted by Crippen LogP contribution is -2.43. The molecular weight excluding hydrogens is 357 g/mol. The van der Waals surface area contributed by atoms with Crippen LogP contribution in [0.4, 0.5) is 13.2 Å². The van der Waals surface area contributed by atoms with Crippen LogP contribution in [-0.4, -0.2) is 30.3 Å². The summed E-state index contributed by atoms with van der Waals surface area (Å²) in [4.78, 5) is 14.3. The van der Waals surface area contributed by atoms with Crippen LogP contribution in [0, 0.1) is 0 Å². The van der Waals surface area contributed by atoms with Gasteiger partial charge in [-0.25, -0.2) is 0 Å². The third-order valence-corrected chi connectivity index (χ3v) is 4.29. The van der Waals surface area contributed by atoms with E-state index in [9.17, 15) is 18.0 Å². The summed E-state index contributed by atoms with van der Waals surface area (Å²) in [7, 11) is 1.79. The number of carbonyl (C=O) groups is 1. The number of carbonyl (C=O) groups excluding carboxylic acids is 1. The van der Waals surface area contributed by atoms with Gasteiger partial charge in [-0.2, -0.15) is 0 Å². The number of nitrogens with one attached hydrogen (secondary N) is 1. The average Bonchev–Trinajstić information content (AvgIpc) is 2.62. The Morgan fingerprint density at radius 2 is 1.67 bits per heavy atom. The molecule has 0 fully saturated rings. The van der Waals surface area contributed by atoms with Gasteiger partial charge in [-0.3, -0.25) is 9.69 Å². The van der Waals surface area contributed by atoms with Crippen LogP contribution in [0.3, 0.4) is 0 Å². The number of likely N-dealkylation sites (N-methyl/N-ethyl adjacent to an activating group) is 1. The summed E-state index contributed by atoms with van der Waals surface area (Å²) in [5.74, 6) is -0.387. The quantitative estimate of drug-likeness (QED) is 0.779. The van der Waals surface area contributed by atoms with E-state index in [2.05, 4.69) is 10.1 Å². The van der Waals surface area contributed by atoms with E-state index < -0.39 is 12.4 Å². The van der Waals surface area contributed by atoms with Crippen LogP contribution in [0.1, 0.15) is 31.0 Å². The van der Waals surface area contributed by atoms with Gasteiger partial charge in [0.15, 0.2) is 0 Å². The molecule has 2 aromatic carbocycles. The van der Waals surface area contributed by atoms with Crippen LogP contribution in [0.5, 0.6) is 5.75 Å². The molecule has 7 heteroatoms. The van der Waals surface area contributed by atoms with E-state index >= 15 is 0 Å². The number of halogens is 3. The highest BCUT2D eigenvalue weighted by atomic mass is 19.4. The summed E-state index contributed by atoms with van der Waals surface area (Å²) in [6.07, 6.45) is -4.71. The first kappa shape index (κ1) is 20.8. The maximum Gasteiger partial charge on any atom is 0.573 e. The zero-order valence-corrected chi connectivity index (χ0v) is 15.5. The minimum Gasteiger partial charge on any atom is -0.406 e. The van der Waals surface area contributed by atoms with Gasteiger partial charge in [0, 0.05) is 6.54 Å². The van der Waals surface area contributed by atoms with E-state index in [0.717, 1.165) is 11.1 Å². The number of ether oxygens (including phenoxy) is 1. The van der Waals surface area contributed by atoms with Crippen LogP contribution in [0.15, 0.2) is 54.6 Å². The molecular formula is C20H23F3N2O2. The van der Waals surface area contributed by atoms with E-state index in [1.807, 2.05) is 42.2 Å². The summed E-state index contributed by atoms with van der Waals surface area (Å²) in [5.41, 5.74) is 1.80. The van der Waals surface area contributed by atoms with Gasteiger partial charge in [0.25, 0.3) is 0 Å². The molecule has 2 aromatic rings. The van der Waals surface area contributed by atoms with Gasteiger partial charge in [-0.05, 0) is 44.2 Å². The van der Waals surface area contributed by atoms with Crippen molar-refractivity contribution in [2.24, 2.45) is 0 Å².